The summed E-state index contributed by atoms with van der Waals surface area (Å²) < 4.78 is 0. The van der Waals surface area contributed by atoms with Crippen LogP contribution >= 0.6 is 0 Å². The molecule has 0 fully saturated rings. The quantitative estimate of drug-likeness (QED) is 0.737. The number of nitrogens with one attached hydrogen (secondary N) is 2. The Morgan fingerprint density at radius 1 is 1.11 bits per heavy atom. The highest BCUT2D eigenvalue weighted by Gasteiger charge is 2.17. The second kappa shape index (κ2) is 6.70. The monoisotopic (exact) mass is 266 g/mol. The zero-order valence-corrected chi connectivity index (χ0v) is 12.8. The third-order valence-corrected chi connectivity index (χ3v) is 3.24. The number of anilines is 2. The topological polar surface area (TPSA) is 70.1 Å². The molecule has 0 spiro atoms. The van der Waals surface area contributed by atoms with E-state index in [9.17, 15) is 5.11 Å². The predicted octanol–water partition coefficient (Wildman–Crippen LogP) is 2.38. The Labute approximate surface area is 115 Å². The van der Waals surface area contributed by atoms with E-state index >= 15 is 0 Å². The van der Waals surface area contributed by atoms with Crippen molar-refractivity contribution in [2.45, 2.75) is 46.6 Å². The van der Waals surface area contributed by atoms with Crippen LogP contribution in [-0.2, 0) is 0 Å². The van der Waals surface area contributed by atoms with Gasteiger partial charge in [-0.25, -0.2) is 9.97 Å². The van der Waals surface area contributed by atoms with Gasteiger partial charge in [0, 0.05) is 18.5 Å². The fourth-order valence-corrected chi connectivity index (χ4v) is 1.77. The van der Waals surface area contributed by atoms with Crippen LogP contribution in [0, 0.1) is 12.8 Å². The summed E-state index contributed by atoms with van der Waals surface area (Å²) in [5.74, 6) is 3.04. The second-order valence-corrected chi connectivity index (χ2v) is 5.49. The van der Waals surface area contributed by atoms with Crippen molar-refractivity contribution in [3.63, 3.8) is 0 Å². The average Bonchev–Trinajstić information content (AvgIpc) is 2.36. The van der Waals surface area contributed by atoms with Crippen molar-refractivity contribution in [1.29, 1.82) is 0 Å². The molecule has 3 N–H and O–H groups in total. The zero-order valence-electron chi connectivity index (χ0n) is 12.8. The summed E-state index contributed by atoms with van der Waals surface area (Å²) in [6.45, 7) is 10.4. The zero-order chi connectivity index (χ0) is 14.6. The summed E-state index contributed by atoms with van der Waals surface area (Å²) in [4.78, 5) is 9.08. The maximum absolute atomic E-state index is 9.43. The summed E-state index contributed by atoms with van der Waals surface area (Å²) in [5.41, 5.74) is 0.978. The molecule has 0 radical (unpaired) electrons. The molecule has 5 nitrogen and oxygen atoms in total. The van der Waals surface area contributed by atoms with Crippen molar-refractivity contribution in [3.05, 3.63) is 11.4 Å². The number of aliphatic hydroxyl groups is 1. The Kier molecular flexibility index (Phi) is 5.54. The number of aromatic nitrogens is 2. The molecule has 19 heavy (non-hydrogen) atoms. The molecular formula is C14H26N4O. The first-order chi connectivity index (χ1) is 8.90. The fraction of sp³-hybridized carbons (Fsp3) is 0.714. The molecule has 0 bridgehead atoms. The van der Waals surface area contributed by atoms with E-state index in [0.29, 0.717) is 5.92 Å². The molecule has 0 saturated heterocycles. The van der Waals surface area contributed by atoms with Crippen LogP contribution in [0.25, 0.3) is 0 Å². The van der Waals surface area contributed by atoms with Crippen molar-refractivity contribution in [1.82, 2.24) is 9.97 Å². The van der Waals surface area contributed by atoms with Crippen molar-refractivity contribution >= 4 is 11.6 Å². The van der Waals surface area contributed by atoms with E-state index in [1.54, 1.807) is 0 Å². The van der Waals surface area contributed by atoms with Gasteiger partial charge in [-0.05, 0) is 12.8 Å². The Morgan fingerprint density at radius 3 is 2.11 bits per heavy atom. The lowest BCUT2D eigenvalue weighted by atomic mass is 10.1. The second-order valence-electron chi connectivity index (χ2n) is 5.49. The minimum Gasteiger partial charge on any atom is -0.394 e. The van der Waals surface area contributed by atoms with Gasteiger partial charge in [-0.2, -0.15) is 0 Å². The summed E-state index contributed by atoms with van der Waals surface area (Å²) in [5, 5.41) is 15.9. The first-order valence-corrected chi connectivity index (χ1v) is 6.84. The van der Waals surface area contributed by atoms with E-state index in [1.807, 2.05) is 14.0 Å². The molecule has 0 amide bonds. The molecule has 5 heteroatoms. The van der Waals surface area contributed by atoms with E-state index in [-0.39, 0.29) is 18.6 Å². The smallest absolute Gasteiger partial charge is 0.135 e. The molecule has 0 aliphatic heterocycles. The normalized spacial score (nSPS) is 12.9. The third kappa shape index (κ3) is 3.80. The highest BCUT2D eigenvalue weighted by molar-refractivity contribution is 5.57. The largest absolute Gasteiger partial charge is 0.394 e. The van der Waals surface area contributed by atoms with Gasteiger partial charge in [0.2, 0.25) is 0 Å². The molecular weight excluding hydrogens is 240 g/mol. The molecule has 0 saturated carbocycles. The molecule has 1 heterocycles. The minimum absolute atomic E-state index is 0.00156. The van der Waals surface area contributed by atoms with Crippen LogP contribution in [0.4, 0.5) is 11.6 Å². The summed E-state index contributed by atoms with van der Waals surface area (Å²) in [7, 11) is 1.86. The molecule has 1 aromatic rings. The van der Waals surface area contributed by atoms with E-state index in [1.165, 1.54) is 0 Å². The SMILES string of the molecule is CNc1nc(C(C)C)nc(N[C@H](CO)C(C)C)c1C. The predicted molar refractivity (Wildman–Crippen MR) is 79.7 cm³/mol. The number of aliphatic hydroxyl groups excluding tert-OH is 1. The van der Waals surface area contributed by atoms with Gasteiger partial charge < -0.3 is 15.7 Å². The van der Waals surface area contributed by atoms with Crippen molar-refractivity contribution in [3.8, 4) is 0 Å². The summed E-state index contributed by atoms with van der Waals surface area (Å²) in [6, 6.07) is -0.00156. The van der Waals surface area contributed by atoms with Gasteiger partial charge in [0.05, 0.1) is 12.6 Å². The number of rotatable bonds is 6. The number of hydrogen-bond acceptors (Lipinski definition) is 5. The van der Waals surface area contributed by atoms with Crippen LogP contribution in [0.2, 0.25) is 0 Å². The van der Waals surface area contributed by atoms with Crippen LogP contribution in [0.5, 0.6) is 0 Å². The lowest BCUT2D eigenvalue weighted by Gasteiger charge is -2.23. The van der Waals surface area contributed by atoms with Crippen LogP contribution in [0.3, 0.4) is 0 Å². The maximum atomic E-state index is 9.43. The summed E-state index contributed by atoms with van der Waals surface area (Å²) >= 11 is 0. The molecule has 0 aliphatic carbocycles. The highest BCUT2D eigenvalue weighted by Crippen LogP contribution is 2.24. The Balaban J connectivity index is 3.14. The van der Waals surface area contributed by atoms with Gasteiger partial charge in [0.15, 0.2) is 0 Å². The first-order valence-electron chi connectivity index (χ1n) is 6.84. The van der Waals surface area contributed by atoms with Crippen molar-refractivity contribution in [2.24, 2.45) is 5.92 Å². The first kappa shape index (κ1) is 15.7. The van der Waals surface area contributed by atoms with Crippen molar-refractivity contribution in [2.75, 3.05) is 24.3 Å². The van der Waals surface area contributed by atoms with Gasteiger partial charge in [0.25, 0.3) is 0 Å². The Hall–Kier alpha value is -1.36. The standard InChI is InChI=1S/C14H26N4O/c1-8(2)11(7-19)16-14-10(5)13(15-6)17-12(18-14)9(3)4/h8-9,11,19H,7H2,1-6H3,(H2,15,16,17,18)/t11-/m1/s1. The van der Waals surface area contributed by atoms with Gasteiger partial charge >= 0.3 is 0 Å². The van der Waals surface area contributed by atoms with Gasteiger partial charge in [0.1, 0.15) is 17.5 Å². The fourth-order valence-electron chi connectivity index (χ4n) is 1.77. The molecule has 0 unspecified atom stereocenters. The van der Waals surface area contributed by atoms with Crippen molar-refractivity contribution < 1.29 is 5.11 Å². The van der Waals surface area contributed by atoms with Gasteiger partial charge in [-0.3, -0.25) is 0 Å². The summed E-state index contributed by atoms with van der Waals surface area (Å²) in [6.07, 6.45) is 0. The Morgan fingerprint density at radius 2 is 1.68 bits per heavy atom. The van der Waals surface area contributed by atoms with E-state index in [0.717, 1.165) is 23.0 Å². The van der Waals surface area contributed by atoms with Crippen LogP contribution < -0.4 is 10.6 Å². The van der Waals surface area contributed by atoms with E-state index in [2.05, 4.69) is 48.3 Å². The molecule has 1 rings (SSSR count). The van der Waals surface area contributed by atoms with Crippen LogP contribution in [-0.4, -0.2) is 34.8 Å². The van der Waals surface area contributed by atoms with E-state index < -0.39 is 0 Å². The lowest BCUT2D eigenvalue weighted by molar-refractivity contribution is 0.249. The average molecular weight is 266 g/mol. The molecule has 1 aromatic heterocycles. The minimum atomic E-state index is -0.00156. The Bertz CT molecular complexity index is 418. The van der Waals surface area contributed by atoms with E-state index in [4.69, 9.17) is 0 Å². The van der Waals surface area contributed by atoms with Crippen LogP contribution in [0.15, 0.2) is 0 Å². The number of hydrogen-bond donors (Lipinski definition) is 3. The molecule has 108 valence electrons. The molecule has 0 aliphatic rings. The lowest BCUT2D eigenvalue weighted by Crippen LogP contribution is -2.30. The van der Waals surface area contributed by atoms with Crippen LogP contribution in [0.1, 0.15) is 45.0 Å². The van der Waals surface area contributed by atoms with Gasteiger partial charge in [-0.1, -0.05) is 27.7 Å². The molecule has 1 atom stereocenters. The highest BCUT2D eigenvalue weighted by atomic mass is 16.3. The van der Waals surface area contributed by atoms with Gasteiger partial charge in [-0.15, -0.1) is 0 Å². The third-order valence-electron chi connectivity index (χ3n) is 3.24. The maximum Gasteiger partial charge on any atom is 0.135 e. The molecule has 0 aromatic carbocycles. The number of nitrogens with zero attached hydrogens (tertiary/aromatic N) is 2.